The van der Waals surface area contributed by atoms with E-state index in [4.69, 9.17) is 16.5 Å². The van der Waals surface area contributed by atoms with Crippen LogP contribution in [0.25, 0.3) is 10.9 Å². The molecule has 1 heterocycles. The first kappa shape index (κ1) is 14.5. The predicted octanol–water partition coefficient (Wildman–Crippen LogP) is 4.01. The van der Waals surface area contributed by atoms with Gasteiger partial charge in [-0.1, -0.05) is 30.3 Å². The number of benzene rings is 2. The fourth-order valence-corrected chi connectivity index (χ4v) is 2.65. The van der Waals surface area contributed by atoms with Crippen molar-refractivity contribution in [1.82, 2.24) is 4.09 Å². The van der Waals surface area contributed by atoms with E-state index in [1.54, 1.807) is 13.0 Å². The van der Waals surface area contributed by atoms with E-state index in [2.05, 4.69) is 0 Å². The smallest absolute Gasteiger partial charge is 0.340 e. The molecule has 5 heteroatoms. The maximum atomic E-state index is 12.4. The van der Waals surface area contributed by atoms with Crippen molar-refractivity contribution in [3.8, 4) is 5.75 Å². The minimum Gasteiger partial charge on any atom is -0.508 e. The number of esters is 1. The summed E-state index contributed by atoms with van der Waals surface area (Å²) in [4.78, 5) is 12.4. The van der Waals surface area contributed by atoms with Crippen LogP contribution in [0.4, 0.5) is 0 Å². The molecule has 0 unspecified atom stereocenters. The van der Waals surface area contributed by atoms with E-state index in [1.165, 1.54) is 16.2 Å². The minimum absolute atomic E-state index is 0.0758. The monoisotopic (exact) mass is 315 g/mol. The summed E-state index contributed by atoms with van der Waals surface area (Å²) in [5, 5.41) is 10.2. The largest absolute Gasteiger partial charge is 0.508 e. The molecular formula is C17H14ClNO3. The van der Waals surface area contributed by atoms with Gasteiger partial charge in [0.25, 0.3) is 0 Å². The topological polar surface area (TPSA) is 51.5 Å². The van der Waals surface area contributed by atoms with Crippen LogP contribution in [0, 0.1) is 6.92 Å². The van der Waals surface area contributed by atoms with Crippen LogP contribution in [0.15, 0.2) is 48.5 Å². The Morgan fingerprint density at radius 1 is 1.23 bits per heavy atom. The van der Waals surface area contributed by atoms with Crippen molar-refractivity contribution in [1.29, 1.82) is 0 Å². The van der Waals surface area contributed by atoms with E-state index < -0.39 is 5.97 Å². The standard InChI is InChI=1S/C17H14ClNO3/c1-11-16(14-9-13(20)7-8-15(14)19(11)18)17(21)22-10-12-5-3-2-4-6-12/h2-9,20H,10H2,1H3. The maximum Gasteiger partial charge on any atom is 0.340 e. The molecule has 0 aliphatic carbocycles. The summed E-state index contributed by atoms with van der Waals surface area (Å²) in [5.41, 5.74) is 2.52. The third kappa shape index (κ3) is 2.53. The molecule has 2 aromatic carbocycles. The number of hydrogen-bond donors (Lipinski definition) is 1. The Kier molecular flexibility index (Phi) is 3.77. The molecule has 0 saturated carbocycles. The molecule has 0 spiro atoms. The second-order valence-corrected chi connectivity index (χ2v) is 5.34. The molecule has 0 bridgehead atoms. The number of hydrogen-bond acceptors (Lipinski definition) is 3. The minimum atomic E-state index is -0.462. The van der Waals surface area contributed by atoms with E-state index in [1.807, 2.05) is 30.3 Å². The van der Waals surface area contributed by atoms with Crippen molar-refractivity contribution < 1.29 is 14.6 Å². The first-order valence-corrected chi connectivity index (χ1v) is 7.13. The lowest BCUT2D eigenvalue weighted by molar-refractivity contribution is 0.0474. The molecule has 1 N–H and O–H groups in total. The van der Waals surface area contributed by atoms with Crippen LogP contribution in [0.2, 0.25) is 0 Å². The number of phenolic OH excluding ortho intramolecular Hbond substituents is 1. The van der Waals surface area contributed by atoms with Crippen LogP contribution >= 0.6 is 11.8 Å². The van der Waals surface area contributed by atoms with E-state index in [0.29, 0.717) is 22.2 Å². The Balaban J connectivity index is 1.94. The lowest BCUT2D eigenvalue weighted by Gasteiger charge is -2.05. The van der Waals surface area contributed by atoms with Crippen molar-refractivity contribution in [2.45, 2.75) is 13.5 Å². The maximum absolute atomic E-state index is 12.4. The summed E-state index contributed by atoms with van der Waals surface area (Å²) < 4.78 is 6.76. The summed E-state index contributed by atoms with van der Waals surface area (Å²) in [6.07, 6.45) is 0. The van der Waals surface area contributed by atoms with Gasteiger partial charge in [0.15, 0.2) is 0 Å². The summed E-state index contributed by atoms with van der Waals surface area (Å²) in [6.45, 7) is 1.93. The predicted molar refractivity (Wildman–Crippen MR) is 85.2 cm³/mol. The van der Waals surface area contributed by atoms with Crippen LogP contribution in [0.3, 0.4) is 0 Å². The van der Waals surface area contributed by atoms with Gasteiger partial charge in [0, 0.05) is 22.9 Å². The van der Waals surface area contributed by atoms with Crippen LogP contribution in [-0.4, -0.2) is 15.2 Å². The molecule has 0 atom stereocenters. The zero-order valence-electron chi connectivity index (χ0n) is 11.9. The highest BCUT2D eigenvalue weighted by Crippen LogP contribution is 2.30. The van der Waals surface area contributed by atoms with E-state index in [9.17, 15) is 9.90 Å². The van der Waals surface area contributed by atoms with Gasteiger partial charge in [-0.05, 0) is 30.7 Å². The molecule has 0 saturated heterocycles. The highest BCUT2D eigenvalue weighted by atomic mass is 35.5. The number of phenols is 1. The van der Waals surface area contributed by atoms with E-state index >= 15 is 0 Å². The van der Waals surface area contributed by atoms with Gasteiger partial charge in [-0.3, -0.25) is 4.09 Å². The van der Waals surface area contributed by atoms with Crippen LogP contribution in [-0.2, 0) is 11.3 Å². The quantitative estimate of drug-likeness (QED) is 0.743. The Labute approximate surface area is 132 Å². The van der Waals surface area contributed by atoms with E-state index in [0.717, 1.165) is 5.56 Å². The Morgan fingerprint density at radius 3 is 2.68 bits per heavy atom. The Morgan fingerprint density at radius 2 is 1.95 bits per heavy atom. The molecule has 22 heavy (non-hydrogen) atoms. The molecule has 112 valence electrons. The average Bonchev–Trinajstić information content (AvgIpc) is 2.77. The number of carbonyl (C=O) groups excluding carboxylic acids is 1. The molecule has 3 aromatic rings. The number of fused-ring (bicyclic) bond motifs is 1. The third-order valence-electron chi connectivity index (χ3n) is 3.53. The second-order valence-electron chi connectivity index (χ2n) is 5.00. The van der Waals surface area contributed by atoms with Crippen molar-refractivity contribution in [2.24, 2.45) is 0 Å². The molecule has 3 rings (SSSR count). The number of rotatable bonds is 3. The molecule has 0 radical (unpaired) electrons. The molecule has 4 nitrogen and oxygen atoms in total. The van der Waals surface area contributed by atoms with Crippen molar-refractivity contribution in [3.05, 3.63) is 65.4 Å². The van der Waals surface area contributed by atoms with E-state index in [-0.39, 0.29) is 12.4 Å². The molecular weight excluding hydrogens is 302 g/mol. The number of carbonyl (C=O) groups is 1. The lowest BCUT2D eigenvalue weighted by atomic mass is 10.1. The first-order valence-electron chi connectivity index (χ1n) is 6.79. The number of halogens is 1. The first-order chi connectivity index (χ1) is 10.6. The fraction of sp³-hybridized carbons (Fsp3) is 0.118. The molecule has 0 fully saturated rings. The lowest BCUT2D eigenvalue weighted by Crippen LogP contribution is -2.06. The van der Waals surface area contributed by atoms with Crippen LogP contribution in [0.5, 0.6) is 5.75 Å². The van der Waals surface area contributed by atoms with Crippen LogP contribution < -0.4 is 0 Å². The highest BCUT2D eigenvalue weighted by Gasteiger charge is 2.21. The fourth-order valence-electron chi connectivity index (χ4n) is 2.42. The molecule has 0 aliphatic rings. The molecule has 1 aromatic heterocycles. The van der Waals surface area contributed by atoms with Crippen molar-refractivity contribution >= 4 is 28.6 Å². The van der Waals surface area contributed by atoms with Crippen molar-refractivity contribution in [2.75, 3.05) is 0 Å². The number of nitrogens with zero attached hydrogens (tertiary/aromatic N) is 1. The zero-order chi connectivity index (χ0) is 15.7. The van der Waals surface area contributed by atoms with Crippen molar-refractivity contribution in [3.63, 3.8) is 0 Å². The number of aromatic nitrogens is 1. The van der Waals surface area contributed by atoms with Gasteiger partial charge in [0.2, 0.25) is 0 Å². The summed E-state index contributed by atoms with van der Waals surface area (Å²) in [5.74, 6) is -0.386. The third-order valence-corrected chi connectivity index (χ3v) is 3.97. The normalized spacial score (nSPS) is 10.8. The van der Waals surface area contributed by atoms with Gasteiger partial charge in [-0.15, -0.1) is 0 Å². The summed E-state index contributed by atoms with van der Waals surface area (Å²) >= 11 is 6.19. The van der Waals surface area contributed by atoms with Gasteiger partial charge < -0.3 is 9.84 Å². The highest BCUT2D eigenvalue weighted by molar-refractivity contribution is 6.22. The van der Waals surface area contributed by atoms with Gasteiger partial charge >= 0.3 is 5.97 Å². The number of ether oxygens (including phenoxy) is 1. The molecule has 0 amide bonds. The average molecular weight is 316 g/mol. The van der Waals surface area contributed by atoms with Gasteiger partial charge in [0.1, 0.15) is 12.4 Å². The summed E-state index contributed by atoms with van der Waals surface area (Å²) in [7, 11) is 0. The molecule has 0 aliphatic heterocycles. The van der Waals surface area contributed by atoms with Gasteiger partial charge in [-0.2, -0.15) is 0 Å². The Bertz CT molecular complexity index is 840. The summed E-state index contributed by atoms with van der Waals surface area (Å²) in [6, 6.07) is 14.2. The number of aromatic hydroxyl groups is 1. The van der Waals surface area contributed by atoms with Gasteiger partial charge in [0.05, 0.1) is 11.1 Å². The second kappa shape index (κ2) is 5.73. The Hall–Kier alpha value is -2.46. The van der Waals surface area contributed by atoms with Crippen LogP contribution in [0.1, 0.15) is 21.6 Å². The van der Waals surface area contributed by atoms with Gasteiger partial charge in [-0.25, -0.2) is 4.79 Å². The SMILES string of the molecule is Cc1c(C(=O)OCc2ccccc2)c2cc(O)ccc2n1Cl. The zero-order valence-corrected chi connectivity index (χ0v) is 12.7.